The minimum Gasteiger partial charge on any atom is -0.342 e. The van der Waals surface area contributed by atoms with E-state index in [2.05, 4.69) is 124 Å². The van der Waals surface area contributed by atoms with Crippen molar-refractivity contribution in [3.8, 4) is 0 Å². The molecule has 0 amide bonds. The van der Waals surface area contributed by atoms with Gasteiger partial charge in [-0.05, 0) is 163 Å². The first-order chi connectivity index (χ1) is 30.7. The molecule has 6 aliphatic carbocycles. The lowest BCUT2D eigenvalue weighted by atomic mass is 9.45. The zero-order chi connectivity index (χ0) is 46.2. The molecule has 0 aromatic carbocycles. The van der Waals surface area contributed by atoms with Crippen LogP contribution < -0.4 is 0 Å². The lowest BCUT2D eigenvalue weighted by molar-refractivity contribution is -0.304. The molecule has 4 heteroatoms. The van der Waals surface area contributed by atoms with Crippen LogP contribution in [0.25, 0.3) is 0 Å². The lowest BCUT2D eigenvalue weighted by Gasteiger charge is -2.64. The predicted molar refractivity (Wildman–Crippen MR) is 272 cm³/mol. The topological polar surface area (TPSA) is 19.0 Å². The average molecular weight is 890 g/mol. The average Bonchev–Trinajstić information content (AvgIpc) is 3.86. The third-order valence-corrected chi connectivity index (χ3v) is 21.8. The Kier molecular flexibility index (Phi) is 12.2. The molecule has 3 saturated carbocycles. The normalized spacial score (nSPS) is 42.5. The molecular formula is C61H99N3O. The summed E-state index contributed by atoms with van der Waals surface area (Å²) < 4.78 is 8.46. The zero-order valence-corrected chi connectivity index (χ0v) is 44.8. The van der Waals surface area contributed by atoms with Crippen molar-refractivity contribution in [2.45, 2.75) is 256 Å². The van der Waals surface area contributed by atoms with E-state index in [4.69, 9.17) is 4.74 Å². The van der Waals surface area contributed by atoms with E-state index < -0.39 is 5.85 Å². The molecule has 0 aromatic rings. The molecule has 6 fully saturated rings. The molecular weight excluding hydrogens is 791 g/mol. The molecule has 13 unspecified atom stereocenters. The van der Waals surface area contributed by atoms with Gasteiger partial charge in [0.25, 0.3) is 0 Å². The zero-order valence-electron chi connectivity index (χ0n) is 44.8. The number of hydrogen-bond acceptors (Lipinski definition) is 4. The van der Waals surface area contributed by atoms with Crippen LogP contribution in [-0.4, -0.2) is 51.4 Å². The van der Waals surface area contributed by atoms with Crippen LogP contribution in [-0.2, 0) is 4.74 Å². The highest BCUT2D eigenvalue weighted by molar-refractivity contribution is 5.47. The monoisotopic (exact) mass is 890 g/mol. The first-order valence-electron chi connectivity index (χ1n) is 28.6. The summed E-state index contributed by atoms with van der Waals surface area (Å²) in [4.78, 5) is 9.66. The molecule has 4 heterocycles. The Hall–Kier alpha value is -1.52. The summed E-state index contributed by atoms with van der Waals surface area (Å²) >= 11 is 0. The Labute approximate surface area is 400 Å². The molecule has 0 spiro atoms. The second kappa shape index (κ2) is 16.8. The Morgan fingerprint density at radius 2 is 1.57 bits per heavy atom. The second-order valence-electron chi connectivity index (χ2n) is 28.4. The number of hydrogen-bond donors (Lipinski definition) is 0. The summed E-state index contributed by atoms with van der Waals surface area (Å²) in [7, 11) is 0. The van der Waals surface area contributed by atoms with E-state index in [0.29, 0.717) is 29.8 Å². The third kappa shape index (κ3) is 7.59. The molecule has 10 aliphatic rings. The van der Waals surface area contributed by atoms with Gasteiger partial charge in [0.05, 0.1) is 12.1 Å². The summed E-state index contributed by atoms with van der Waals surface area (Å²) in [5, 5.41) is 0. The van der Waals surface area contributed by atoms with Crippen molar-refractivity contribution in [3.63, 3.8) is 0 Å². The Morgan fingerprint density at radius 1 is 0.815 bits per heavy atom. The van der Waals surface area contributed by atoms with Gasteiger partial charge in [-0.1, -0.05) is 154 Å². The van der Waals surface area contributed by atoms with Gasteiger partial charge in [-0.3, -0.25) is 4.90 Å². The van der Waals surface area contributed by atoms with Crippen LogP contribution >= 0.6 is 0 Å². The van der Waals surface area contributed by atoms with Gasteiger partial charge in [0.2, 0.25) is 5.85 Å². The van der Waals surface area contributed by atoms with Crippen molar-refractivity contribution in [2.75, 3.05) is 6.54 Å². The summed E-state index contributed by atoms with van der Waals surface area (Å²) in [5.74, 6) is 5.94. The largest absolute Gasteiger partial charge is 0.342 e. The Balaban J connectivity index is 1.26. The van der Waals surface area contributed by atoms with Crippen molar-refractivity contribution < 1.29 is 4.74 Å². The molecule has 0 radical (unpaired) electrons. The highest BCUT2D eigenvalue weighted by Crippen LogP contribution is 2.69. The Bertz CT molecular complexity index is 1930. The van der Waals surface area contributed by atoms with Crippen LogP contribution in [0.1, 0.15) is 225 Å². The van der Waals surface area contributed by atoms with Crippen LogP contribution in [0.15, 0.2) is 45.8 Å². The maximum atomic E-state index is 8.46. The van der Waals surface area contributed by atoms with Gasteiger partial charge in [0.1, 0.15) is 6.17 Å². The Morgan fingerprint density at radius 3 is 2.25 bits per heavy atom. The van der Waals surface area contributed by atoms with Gasteiger partial charge in [0.15, 0.2) is 0 Å². The number of rotatable bonds is 6. The van der Waals surface area contributed by atoms with Gasteiger partial charge in [-0.2, -0.15) is 0 Å². The molecule has 2 bridgehead atoms. The van der Waals surface area contributed by atoms with Gasteiger partial charge in [-0.15, -0.1) is 0 Å². The molecule has 65 heavy (non-hydrogen) atoms. The molecule has 364 valence electrons. The number of ether oxygens (including phenoxy) is 1. The van der Waals surface area contributed by atoms with Gasteiger partial charge >= 0.3 is 0 Å². The van der Waals surface area contributed by atoms with E-state index in [-0.39, 0.29) is 33.9 Å². The van der Waals surface area contributed by atoms with E-state index in [0.717, 1.165) is 41.9 Å². The van der Waals surface area contributed by atoms with E-state index in [9.17, 15) is 0 Å². The maximum absolute atomic E-state index is 8.46. The van der Waals surface area contributed by atoms with Crippen LogP contribution in [0, 0.1) is 74.9 Å². The predicted octanol–water partition coefficient (Wildman–Crippen LogP) is 16.1. The fraction of sp³-hybridized carbons (Fsp3) is 0.869. The molecule has 4 nitrogen and oxygen atoms in total. The fourth-order valence-electron chi connectivity index (χ4n) is 17.9. The van der Waals surface area contributed by atoms with Crippen molar-refractivity contribution in [2.24, 2.45) is 74.9 Å². The van der Waals surface area contributed by atoms with Crippen LogP contribution in [0.2, 0.25) is 0 Å². The molecule has 13 atom stereocenters. The van der Waals surface area contributed by atoms with E-state index in [1.165, 1.54) is 134 Å². The molecule has 4 aliphatic heterocycles. The summed E-state index contributed by atoms with van der Waals surface area (Å²) in [6, 6.07) is 0.928. The van der Waals surface area contributed by atoms with Crippen LogP contribution in [0.5, 0.6) is 0 Å². The van der Waals surface area contributed by atoms with Crippen molar-refractivity contribution in [3.05, 3.63) is 45.8 Å². The molecule has 3 saturated heterocycles. The molecule has 0 aromatic heterocycles. The quantitative estimate of drug-likeness (QED) is 0.264. The minimum atomic E-state index is -0.476. The molecule has 10 rings (SSSR count). The van der Waals surface area contributed by atoms with E-state index in [1.54, 1.807) is 11.3 Å². The van der Waals surface area contributed by atoms with E-state index in [1.807, 2.05) is 16.8 Å². The number of nitrogens with zero attached hydrogens (tertiary/aromatic N) is 3. The summed E-state index contributed by atoms with van der Waals surface area (Å²) in [6.07, 6.45) is 32.8. The highest BCUT2D eigenvalue weighted by atomic mass is 16.6. The second-order valence-corrected chi connectivity index (χ2v) is 28.4. The maximum Gasteiger partial charge on any atom is 0.202 e. The van der Waals surface area contributed by atoms with Crippen molar-refractivity contribution in [1.29, 1.82) is 0 Å². The van der Waals surface area contributed by atoms with Gasteiger partial charge < -0.3 is 14.5 Å². The lowest BCUT2D eigenvalue weighted by Crippen LogP contribution is -2.72. The van der Waals surface area contributed by atoms with E-state index >= 15 is 0 Å². The van der Waals surface area contributed by atoms with Crippen molar-refractivity contribution >= 4 is 0 Å². The smallest absolute Gasteiger partial charge is 0.202 e. The number of allylic oxidation sites excluding steroid dienone is 5. The highest BCUT2D eigenvalue weighted by Gasteiger charge is 2.70. The summed E-state index contributed by atoms with van der Waals surface area (Å²) in [6.45, 7) is 37.5. The first-order valence-corrected chi connectivity index (χ1v) is 28.6. The SMILES string of the molecule is CCC12OC3C(=CC(C(C)(C)C)=CC3C)C3N(C4=C(C5CCCC(C)C5)CC(CC(C)C)CC4)C4CCCC(=C4N31)C1CC(C(C)(C)C)CC(C)(C3CC(C4CCCCC4)CN32)C1(C)C. The first kappa shape index (κ1) is 47.2. The van der Waals surface area contributed by atoms with Crippen LogP contribution in [0.3, 0.4) is 0 Å². The fourth-order valence-corrected chi connectivity index (χ4v) is 17.9. The number of fused-ring (bicyclic) bond motifs is 8. The third-order valence-electron chi connectivity index (χ3n) is 21.8. The summed E-state index contributed by atoms with van der Waals surface area (Å²) in [5.41, 5.74) is 11.2. The van der Waals surface area contributed by atoms with Crippen molar-refractivity contribution in [1.82, 2.24) is 14.7 Å². The van der Waals surface area contributed by atoms with Crippen LogP contribution in [0.4, 0.5) is 0 Å². The van der Waals surface area contributed by atoms with Gasteiger partial charge in [0, 0.05) is 41.9 Å². The molecule has 0 N–H and O–H groups in total. The van der Waals surface area contributed by atoms with Gasteiger partial charge in [-0.25, -0.2) is 0 Å². The minimum absolute atomic E-state index is 0.0857. The standard InChI is InChI=1S/C61H99N3O/c1-15-61-62-37-44(42-22-17-16-18-23-42)33-53(62)60(14)36-46(58(9,10)11)35-50(59(60,12)13)47-25-20-26-52-54(47)64(61)56(49-34-45(57(6,7)8)31-40(5)55(49)65-61)63(52)51-28-27-41(29-38(2)3)32-48(51)43-24-19-21-39(4)30-43/h31,34,38-44,46,50,52-53,55-56H,15-30,32-33,35-37H2,1-14H3.